The summed E-state index contributed by atoms with van der Waals surface area (Å²) in [6.45, 7) is 0.724. The molecule has 25 heavy (non-hydrogen) atoms. The van der Waals surface area contributed by atoms with Crippen LogP contribution in [0, 0.1) is 0 Å². The molecule has 4 nitrogen and oxygen atoms in total. The number of aromatic amines is 1. The molecule has 0 bridgehead atoms. The number of hydrogen-bond donors (Lipinski definition) is 2. The van der Waals surface area contributed by atoms with Crippen molar-refractivity contribution >= 4 is 22.5 Å². The zero-order valence-corrected chi connectivity index (χ0v) is 14.0. The fourth-order valence-electron chi connectivity index (χ4n) is 4.01. The predicted molar refractivity (Wildman–Crippen MR) is 98.5 cm³/mol. The molecule has 0 radical (unpaired) electrons. The van der Waals surface area contributed by atoms with E-state index in [0.29, 0.717) is 5.56 Å². The third kappa shape index (κ3) is 2.49. The number of rotatable bonds is 2. The second-order valence-electron chi connectivity index (χ2n) is 6.92. The molecular weight excluding hydrogens is 312 g/mol. The van der Waals surface area contributed by atoms with Crippen molar-refractivity contribution in [3.8, 4) is 5.75 Å². The Labute approximate surface area is 146 Å². The highest BCUT2D eigenvalue weighted by atomic mass is 16.5. The number of H-pyrrole nitrogens is 1. The molecule has 2 aliphatic rings. The van der Waals surface area contributed by atoms with Gasteiger partial charge in [0.2, 0.25) is 0 Å². The Morgan fingerprint density at radius 1 is 1.04 bits per heavy atom. The number of amides is 1. The van der Waals surface area contributed by atoms with Gasteiger partial charge in [0.05, 0.1) is 6.61 Å². The van der Waals surface area contributed by atoms with Crippen LogP contribution in [-0.2, 0) is 19.3 Å². The fourth-order valence-corrected chi connectivity index (χ4v) is 4.01. The van der Waals surface area contributed by atoms with E-state index >= 15 is 0 Å². The average Bonchev–Trinajstić information content (AvgIpc) is 3.24. The number of fused-ring (bicyclic) bond motifs is 4. The summed E-state index contributed by atoms with van der Waals surface area (Å²) in [4.78, 5) is 16.2. The normalized spacial score (nSPS) is 15.5. The van der Waals surface area contributed by atoms with Crippen LogP contribution in [0.15, 0.2) is 36.4 Å². The first kappa shape index (κ1) is 14.6. The van der Waals surface area contributed by atoms with Gasteiger partial charge in [-0.1, -0.05) is 0 Å². The molecule has 126 valence electrons. The van der Waals surface area contributed by atoms with Gasteiger partial charge in [-0.2, -0.15) is 0 Å². The summed E-state index contributed by atoms with van der Waals surface area (Å²) in [7, 11) is 0. The third-order valence-electron chi connectivity index (χ3n) is 5.31. The van der Waals surface area contributed by atoms with Gasteiger partial charge in [0.25, 0.3) is 5.91 Å². The first-order chi connectivity index (χ1) is 12.3. The van der Waals surface area contributed by atoms with E-state index < -0.39 is 0 Å². The molecular formula is C21H20N2O2. The van der Waals surface area contributed by atoms with E-state index in [1.807, 2.05) is 36.4 Å². The zero-order valence-electron chi connectivity index (χ0n) is 14.0. The largest absolute Gasteiger partial charge is 0.493 e. The maximum absolute atomic E-state index is 12.7. The fraction of sp³-hybridized carbons (Fsp3) is 0.286. The monoisotopic (exact) mass is 332 g/mol. The lowest BCUT2D eigenvalue weighted by Gasteiger charge is -2.11. The SMILES string of the molecule is O=C(Nc1ccc2c(c1)CCO2)c1ccc2[nH]c3c(c2c1)CCCC3. The molecule has 0 fully saturated rings. The van der Waals surface area contributed by atoms with E-state index in [2.05, 4.69) is 10.3 Å². The maximum atomic E-state index is 12.7. The molecule has 1 amide bonds. The summed E-state index contributed by atoms with van der Waals surface area (Å²) in [6, 6.07) is 11.8. The Morgan fingerprint density at radius 2 is 1.96 bits per heavy atom. The topological polar surface area (TPSA) is 54.1 Å². The summed E-state index contributed by atoms with van der Waals surface area (Å²) < 4.78 is 5.52. The predicted octanol–water partition coefficient (Wildman–Crippen LogP) is 4.23. The van der Waals surface area contributed by atoms with Gasteiger partial charge in [-0.15, -0.1) is 0 Å². The summed E-state index contributed by atoms with van der Waals surface area (Å²) in [5, 5.41) is 4.22. The van der Waals surface area contributed by atoms with Crippen LogP contribution in [-0.4, -0.2) is 17.5 Å². The molecule has 2 heterocycles. The molecule has 3 aromatic rings. The van der Waals surface area contributed by atoms with E-state index in [1.54, 1.807) is 0 Å². The van der Waals surface area contributed by atoms with Gasteiger partial charge in [-0.25, -0.2) is 0 Å². The quantitative estimate of drug-likeness (QED) is 0.738. The van der Waals surface area contributed by atoms with Gasteiger partial charge in [0.15, 0.2) is 0 Å². The van der Waals surface area contributed by atoms with Crippen molar-refractivity contribution < 1.29 is 9.53 Å². The Morgan fingerprint density at radius 3 is 2.92 bits per heavy atom. The van der Waals surface area contributed by atoms with E-state index in [4.69, 9.17) is 4.74 Å². The van der Waals surface area contributed by atoms with Crippen LogP contribution in [0.1, 0.15) is 40.0 Å². The number of aryl methyl sites for hydroxylation is 2. The van der Waals surface area contributed by atoms with Gasteiger partial charge in [-0.3, -0.25) is 4.79 Å². The number of carbonyl (C=O) groups is 1. The van der Waals surface area contributed by atoms with E-state index in [-0.39, 0.29) is 5.91 Å². The van der Waals surface area contributed by atoms with Crippen molar-refractivity contribution in [1.82, 2.24) is 4.98 Å². The number of nitrogens with one attached hydrogen (secondary N) is 2. The van der Waals surface area contributed by atoms with Crippen LogP contribution in [0.25, 0.3) is 10.9 Å². The molecule has 2 N–H and O–H groups in total. The van der Waals surface area contributed by atoms with Crippen molar-refractivity contribution in [2.45, 2.75) is 32.1 Å². The average molecular weight is 332 g/mol. The molecule has 2 aromatic carbocycles. The van der Waals surface area contributed by atoms with Crippen molar-refractivity contribution in [2.24, 2.45) is 0 Å². The van der Waals surface area contributed by atoms with Crippen LogP contribution < -0.4 is 10.1 Å². The van der Waals surface area contributed by atoms with E-state index in [0.717, 1.165) is 48.4 Å². The van der Waals surface area contributed by atoms with Gasteiger partial charge in [0.1, 0.15) is 5.75 Å². The first-order valence-corrected chi connectivity index (χ1v) is 8.98. The summed E-state index contributed by atoms with van der Waals surface area (Å²) in [6.07, 6.45) is 5.59. The molecule has 1 aromatic heterocycles. The smallest absolute Gasteiger partial charge is 0.255 e. The second kappa shape index (κ2) is 5.66. The Hall–Kier alpha value is -2.75. The molecule has 1 aliphatic carbocycles. The summed E-state index contributed by atoms with van der Waals surface area (Å²) >= 11 is 0. The molecule has 5 rings (SSSR count). The highest BCUT2D eigenvalue weighted by Gasteiger charge is 2.17. The van der Waals surface area contributed by atoms with Gasteiger partial charge in [-0.05, 0) is 73.2 Å². The third-order valence-corrected chi connectivity index (χ3v) is 5.31. The van der Waals surface area contributed by atoms with Crippen LogP contribution in [0.4, 0.5) is 5.69 Å². The molecule has 0 atom stereocenters. The number of hydrogen-bond acceptors (Lipinski definition) is 2. The summed E-state index contributed by atoms with van der Waals surface area (Å²) in [5.74, 6) is 0.866. The van der Waals surface area contributed by atoms with Crippen molar-refractivity contribution in [1.29, 1.82) is 0 Å². The van der Waals surface area contributed by atoms with Crippen molar-refractivity contribution in [2.75, 3.05) is 11.9 Å². The van der Waals surface area contributed by atoms with Gasteiger partial charge >= 0.3 is 0 Å². The molecule has 0 saturated heterocycles. The molecule has 0 saturated carbocycles. The van der Waals surface area contributed by atoms with Crippen LogP contribution >= 0.6 is 0 Å². The number of benzene rings is 2. The lowest BCUT2D eigenvalue weighted by molar-refractivity contribution is 0.102. The second-order valence-corrected chi connectivity index (χ2v) is 6.92. The standard InChI is InChI=1S/C21H20N2O2/c24-21(22-15-6-8-20-13(11-15)9-10-25-20)14-5-7-19-17(12-14)16-3-1-2-4-18(16)23-19/h5-8,11-12,23H,1-4,9-10H2,(H,22,24). The first-order valence-electron chi connectivity index (χ1n) is 8.98. The molecule has 0 spiro atoms. The molecule has 4 heteroatoms. The van der Waals surface area contributed by atoms with Gasteiger partial charge in [0, 0.05) is 34.3 Å². The van der Waals surface area contributed by atoms with E-state index in [1.165, 1.54) is 29.5 Å². The van der Waals surface area contributed by atoms with Crippen molar-refractivity contribution in [3.63, 3.8) is 0 Å². The lowest BCUT2D eigenvalue weighted by Crippen LogP contribution is -2.11. The van der Waals surface area contributed by atoms with E-state index in [9.17, 15) is 4.79 Å². The Balaban J connectivity index is 1.45. The highest BCUT2D eigenvalue weighted by Crippen LogP contribution is 2.31. The number of ether oxygens (including phenoxy) is 1. The van der Waals surface area contributed by atoms with Crippen LogP contribution in [0.3, 0.4) is 0 Å². The van der Waals surface area contributed by atoms with Crippen LogP contribution in [0.2, 0.25) is 0 Å². The number of carbonyl (C=O) groups excluding carboxylic acids is 1. The highest BCUT2D eigenvalue weighted by molar-refractivity contribution is 6.06. The van der Waals surface area contributed by atoms with Gasteiger partial charge < -0.3 is 15.0 Å². The maximum Gasteiger partial charge on any atom is 0.255 e. The minimum atomic E-state index is -0.0634. The molecule has 0 unspecified atom stereocenters. The lowest BCUT2D eigenvalue weighted by atomic mass is 9.95. The minimum absolute atomic E-state index is 0.0634. The number of anilines is 1. The summed E-state index contributed by atoms with van der Waals surface area (Å²) in [5.41, 5.74) is 6.57. The van der Waals surface area contributed by atoms with Crippen molar-refractivity contribution in [3.05, 3.63) is 58.8 Å². The van der Waals surface area contributed by atoms with Crippen LogP contribution in [0.5, 0.6) is 5.75 Å². The molecule has 1 aliphatic heterocycles. The Kier molecular flexibility index (Phi) is 3.30. The zero-order chi connectivity index (χ0) is 16.8. The number of aromatic nitrogens is 1. The Bertz CT molecular complexity index is 987. The minimum Gasteiger partial charge on any atom is -0.493 e.